The molecule has 4 nitrogen and oxygen atoms in total. The summed E-state index contributed by atoms with van der Waals surface area (Å²) in [6, 6.07) is 5.87. The van der Waals surface area contributed by atoms with Crippen LogP contribution in [0, 0.1) is 0 Å². The van der Waals surface area contributed by atoms with Crippen LogP contribution in [0.1, 0.15) is 30.3 Å². The molecule has 0 bridgehead atoms. The first kappa shape index (κ1) is 10.4. The molecule has 2 heterocycles. The van der Waals surface area contributed by atoms with Crippen LogP contribution in [-0.4, -0.2) is 15.0 Å². The number of nitrogens with two attached hydrogens (primary N) is 1. The average Bonchev–Trinajstić information content (AvgIpc) is 3.23. The van der Waals surface area contributed by atoms with Crippen LogP contribution in [0.2, 0.25) is 0 Å². The molecule has 0 amide bonds. The second-order valence-corrected chi connectivity index (χ2v) is 4.32. The van der Waals surface area contributed by atoms with Crippen molar-refractivity contribution in [1.82, 2.24) is 15.0 Å². The smallest absolute Gasteiger partial charge is 0.132 e. The van der Waals surface area contributed by atoms with E-state index in [-0.39, 0.29) is 0 Å². The Labute approximate surface area is 99.9 Å². The molecule has 0 aromatic carbocycles. The van der Waals surface area contributed by atoms with E-state index in [9.17, 15) is 0 Å². The molecule has 0 aliphatic heterocycles. The SMILES string of the molecule is NCc1cc(-c2ccncc2)nc(C2CC2)n1. The topological polar surface area (TPSA) is 64.7 Å². The van der Waals surface area contributed by atoms with Gasteiger partial charge >= 0.3 is 0 Å². The van der Waals surface area contributed by atoms with E-state index in [1.165, 1.54) is 12.8 Å². The zero-order valence-corrected chi connectivity index (χ0v) is 9.50. The minimum absolute atomic E-state index is 0.459. The summed E-state index contributed by atoms with van der Waals surface area (Å²) in [4.78, 5) is 13.1. The van der Waals surface area contributed by atoms with E-state index in [0.29, 0.717) is 12.5 Å². The normalized spacial score (nSPS) is 14.9. The Balaban J connectivity index is 2.06. The van der Waals surface area contributed by atoms with Gasteiger partial charge in [-0.05, 0) is 31.0 Å². The molecular weight excluding hydrogens is 212 g/mol. The molecule has 86 valence electrons. The van der Waals surface area contributed by atoms with Gasteiger partial charge in [0.2, 0.25) is 0 Å². The zero-order chi connectivity index (χ0) is 11.7. The maximum atomic E-state index is 5.68. The largest absolute Gasteiger partial charge is 0.325 e. The number of pyridine rings is 1. The molecule has 1 aliphatic carbocycles. The van der Waals surface area contributed by atoms with Crippen LogP contribution >= 0.6 is 0 Å². The first-order chi connectivity index (χ1) is 8.36. The van der Waals surface area contributed by atoms with Crippen LogP contribution in [0.5, 0.6) is 0 Å². The van der Waals surface area contributed by atoms with Gasteiger partial charge in [0.15, 0.2) is 0 Å². The lowest BCUT2D eigenvalue weighted by Gasteiger charge is -2.06. The highest BCUT2D eigenvalue weighted by molar-refractivity contribution is 5.58. The van der Waals surface area contributed by atoms with Gasteiger partial charge in [-0.2, -0.15) is 0 Å². The van der Waals surface area contributed by atoms with Gasteiger partial charge in [0.05, 0.1) is 11.4 Å². The van der Waals surface area contributed by atoms with Crippen molar-refractivity contribution in [1.29, 1.82) is 0 Å². The van der Waals surface area contributed by atoms with Gasteiger partial charge < -0.3 is 5.73 Å². The Kier molecular flexibility index (Phi) is 2.57. The first-order valence-electron chi connectivity index (χ1n) is 5.85. The molecular formula is C13H14N4. The van der Waals surface area contributed by atoms with E-state index in [0.717, 1.165) is 22.8 Å². The van der Waals surface area contributed by atoms with Gasteiger partial charge in [0.1, 0.15) is 5.82 Å². The quantitative estimate of drug-likeness (QED) is 0.867. The van der Waals surface area contributed by atoms with Gasteiger partial charge in [-0.1, -0.05) is 0 Å². The van der Waals surface area contributed by atoms with Crippen molar-refractivity contribution in [2.24, 2.45) is 5.73 Å². The second kappa shape index (κ2) is 4.22. The van der Waals surface area contributed by atoms with Crippen molar-refractivity contribution in [3.63, 3.8) is 0 Å². The molecule has 0 radical (unpaired) electrons. The molecule has 0 atom stereocenters. The fraction of sp³-hybridized carbons (Fsp3) is 0.308. The molecule has 1 aliphatic rings. The van der Waals surface area contributed by atoms with Crippen molar-refractivity contribution in [3.05, 3.63) is 42.1 Å². The molecule has 0 saturated heterocycles. The Morgan fingerprint density at radius 1 is 1.18 bits per heavy atom. The number of nitrogens with zero attached hydrogens (tertiary/aromatic N) is 3. The summed E-state index contributed by atoms with van der Waals surface area (Å²) in [6.07, 6.45) is 5.94. The van der Waals surface area contributed by atoms with Crippen LogP contribution in [0.15, 0.2) is 30.6 Å². The summed E-state index contributed by atoms with van der Waals surface area (Å²) in [5.41, 5.74) is 8.61. The van der Waals surface area contributed by atoms with E-state index in [4.69, 9.17) is 5.73 Å². The molecule has 0 spiro atoms. The van der Waals surface area contributed by atoms with Crippen LogP contribution < -0.4 is 5.73 Å². The molecule has 4 heteroatoms. The predicted molar refractivity (Wildman–Crippen MR) is 65.1 cm³/mol. The van der Waals surface area contributed by atoms with E-state index in [2.05, 4.69) is 15.0 Å². The zero-order valence-electron chi connectivity index (χ0n) is 9.50. The van der Waals surface area contributed by atoms with Gasteiger partial charge in [-0.25, -0.2) is 9.97 Å². The lowest BCUT2D eigenvalue weighted by atomic mass is 10.1. The van der Waals surface area contributed by atoms with Crippen LogP contribution in [0.25, 0.3) is 11.3 Å². The number of rotatable bonds is 3. The maximum absolute atomic E-state index is 5.68. The second-order valence-electron chi connectivity index (χ2n) is 4.32. The van der Waals surface area contributed by atoms with E-state index >= 15 is 0 Å². The van der Waals surface area contributed by atoms with Gasteiger partial charge in [-0.3, -0.25) is 4.98 Å². The Morgan fingerprint density at radius 3 is 2.59 bits per heavy atom. The molecule has 0 unspecified atom stereocenters. The van der Waals surface area contributed by atoms with Crippen molar-refractivity contribution >= 4 is 0 Å². The van der Waals surface area contributed by atoms with Gasteiger partial charge in [-0.15, -0.1) is 0 Å². The molecule has 17 heavy (non-hydrogen) atoms. The standard InChI is InChI=1S/C13H14N4/c14-8-11-7-12(9-3-5-15-6-4-9)17-13(16-11)10-1-2-10/h3-7,10H,1-2,8,14H2. The Bertz CT molecular complexity index is 520. The monoisotopic (exact) mass is 226 g/mol. The van der Waals surface area contributed by atoms with Crippen LogP contribution in [0.4, 0.5) is 0 Å². The molecule has 1 fully saturated rings. The molecule has 3 rings (SSSR count). The summed E-state index contributed by atoms with van der Waals surface area (Å²) >= 11 is 0. The fourth-order valence-corrected chi connectivity index (χ4v) is 1.82. The maximum Gasteiger partial charge on any atom is 0.132 e. The third kappa shape index (κ3) is 2.17. The lowest BCUT2D eigenvalue weighted by Crippen LogP contribution is -2.05. The summed E-state index contributed by atoms with van der Waals surface area (Å²) in [7, 11) is 0. The van der Waals surface area contributed by atoms with Crippen molar-refractivity contribution in [3.8, 4) is 11.3 Å². The summed E-state index contributed by atoms with van der Waals surface area (Å²) in [6.45, 7) is 0.459. The van der Waals surface area contributed by atoms with Crippen LogP contribution in [-0.2, 0) is 6.54 Å². The van der Waals surface area contributed by atoms with Gasteiger partial charge in [0.25, 0.3) is 0 Å². The van der Waals surface area contributed by atoms with E-state index < -0.39 is 0 Å². The molecule has 1 saturated carbocycles. The first-order valence-corrected chi connectivity index (χ1v) is 5.85. The van der Waals surface area contributed by atoms with Crippen molar-refractivity contribution in [2.45, 2.75) is 25.3 Å². The average molecular weight is 226 g/mol. The van der Waals surface area contributed by atoms with Crippen molar-refractivity contribution in [2.75, 3.05) is 0 Å². The highest BCUT2D eigenvalue weighted by Gasteiger charge is 2.27. The highest BCUT2D eigenvalue weighted by Crippen LogP contribution is 2.38. The molecule has 2 aromatic heterocycles. The number of aromatic nitrogens is 3. The fourth-order valence-electron chi connectivity index (χ4n) is 1.82. The third-order valence-electron chi connectivity index (χ3n) is 2.92. The minimum Gasteiger partial charge on any atom is -0.325 e. The highest BCUT2D eigenvalue weighted by atomic mass is 14.9. The summed E-state index contributed by atoms with van der Waals surface area (Å²) in [5.74, 6) is 1.49. The summed E-state index contributed by atoms with van der Waals surface area (Å²) in [5, 5.41) is 0. The minimum atomic E-state index is 0.459. The summed E-state index contributed by atoms with van der Waals surface area (Å²) < 4.78 is 0. The predicted octanol–water partition coefficient (Wildman–Crippen LogP) is 1.87. The Morgan fingerprint density at radius 2 is 1.94 bits per heavy atom. The van der Waals surface area contributed by atoms with Crippen molar-refractivity contribution < 1.29 is 0 Å². The van der Waals surface area contributed by atoms with Crippen LogP contribution in [0.3, 0.4) is 0 Å². The molecule has 2 aromatic rings. The van der Waals surface area contributed by atoms with Gasteiger partial charge in [0, 0.05) is 30.4 Å². The number of hydrogen-bond donors (Lipinski definition) is 1. The number of hydrogen-bond acceptors (Lipinski definition) is 4. The lowest BCUT2D eigenvalue weighted by molar-refractivity contribution is 0.870. The van der Waals surface area contributed by atoms with E-state index in [1.807, 2.05) is 18.2 Å². The molecule has 2 N–H and O–H groups in total. The third-order valence-corrected chi connectivity index (χ3v) is 2.92. The Hall–Kier alpha value is -1.81. The van der Waals surface area contributed by atoms with E-state index in [1.54, 1.807) is 12.4 Å².